The molecule has 0 saturated heterocycles. The van der Waals surface area contributed by atoms with Crippen molar-refractivity contribution < 1.29 is 23.8 Å². The van der Waals surface area contributed by atoms with Crippen LogP contribution in [0.1, 0.15) is 41.4 Å². The van der Waals surface area contributed by atoms with Crippen molar-refractivity contribution in [2.45, 2.75) is 39.8 Å². The highest BCUT2D eigenvalue weighted by molar-refractivity contribution is 5.94. The van der Waals surface area contributed by atoms with Crippen molar-refractivity contribution >= 4 is 5.91 Å². The number of nitrogens with zero attached hydrogens (tertiary/aromatic N) is 2. The highest BCUT2D eigenvalue weighted by atomic mass is 19.1. The maximum Gasteiger partial charge on any atom is 0.257 e. The van der Waals surface area contributed by atoms with E-state index in [0.29, 0.717) is 31.4 Å². The fourth-order valence-electron chi connectivity index (χ4n) is 2.95. The molecule has 0 atom stereocenters. The molecule has 0 aliphatic heterocycles. The largest absolute Gasteiger partial charge is 0.503 e. The van der Waals surface area contributed by atoms with E-state index in [1.54, 1.807) is 11.5 Å². The molecule has 1 aromatic heterocycles. The van der Waals surface area contributed by atoms with E-state index >= 15 is 0 Å². The van der Waals surface area contributed by atoms with Crippen LogP contribution in [0.3, 0.4) is 0 Å². The Bertz CT molecular complexity index is 947. The number of halogens is 2. The van der Waals surface area contributed by atoms with Gasteiger partial charge < -0.3 is 20.1 Å². The number of carbonyl (C=O) groups excluding carboxylic acids is 1. The number of amides is 1. The highest BCUT2D eigenvalue weighted by Gasteiger charge is 2.18. The number of aromatic nitrogens is 1. The fourth-order valence-corrected chi connectivity index (χ4v) is 2.95. The molecular formula is C21H27F2N3O4. The number of rotatable bonds is 10. The van der Waals surface area contributed by atoms with Crippen LogP contribution >= 0.6 is 0 Å². The summed E-state index contributed by atoms with van der Waals surface area (Å²) in [7, 11) is 0. The second-order valence-electron chi connectivity index (χ2n) is 7.03. The first-order valence-corrected chi connectivity index (χ1v) is 9.76. The Morgan fingerprint density at radius 1 is 1.27 bits per heavy atom. The Morgan fingerprint density at radius 2 is 2.00 bits per heavy atom. The quantitative estimate of drug-likeness (QED) is 0.509. The lowest BCUT2D eigenvalue weighted by molar-refractivity contribution is 0.0945. The van der Waals surface area contributed by atoms with E-state index in [4.69, 9.17) is 0 Å². The molecule has 1 amide bonds. The molecule has 0 saturated carbocycles. The molecule has 1 heterocycles. The average molecular weight is 423 g/mol. The summed E-state index contributed by atoms with van der Waals surface area (Å²) in [6, 6.07) is 2.98. The highest BCUT2D eigenvalue weighted by Crippen LogP contribution is 2.13. The minimum absolute atomic E-state index is 0.0657. The van der Waals surface area contributed by atoms with Crippen molar-refractivity contribution in [3.8, 4) is 5.75 Å². The third-order valence-corrected chi connectivity index (χ3v) is 4.90. The first kappa shape index (κ1) is 23.5. The van der Waals surface area contributed by atoms with Gasteiger partial charge in [-0.05, 0) is 19.4 Å². The molecule has 0 unspecified atom stereocenters. The van der Waals surface area contributed by atoms with Gasteiger partial charge in [0.2, 0.25) is 5.43 Å². The Kier molecular flexibility index (Phi) is 8.49. The number of pyridine rings is 1. The summed E-state index contributed by atoms with van der Waals surface area (Å²) in [5, 5.41) is 22.0. The summed E-state index contributed by atoms with van der Waals surface area (Å²) in [4.78, 5) is 26.6. The van der Waals surface area contributed by atoms with Crippen molar-refractivity contribution in [3.63, 3.8) is 0 Å². The molecule has 0 bridgehead atoms. The van der Waals surface area contributed by atoms with E-state index in [-0.39, 0.29) is 24.4 Å². The summed E-state index contributed by atoms with van der Waals surface area (Å²) < 4.78 is 28.3. The number of benzene rings is 1. The number of nitrogens with one attached hydrogen (secondary N) is 1. The smallest absolute Gasteiger partial charge is 0.257 e. The number of hydrogen-bond acceptors (Lipinski definition) is 5. The third kappa shape index (κ3) is 5.87. The Hall–Kier alpha value is -2.78. The van der Waals surface area contributed by atoms with Gasteiger partial charge in [0.05, 0.1) is 12.4 Å². The molecule has 164 valence electrons. The number of aromatic hydroxyl groups is 1. The molecule has 0 aliphatic carbocycles. The standard InChI is InChI=1S/C21H27F2N3O4/c1-3-4-7-25(13-27)8-9-26-12-17(20(29)19(28)14(26)2)21(30)24-11-15-5-6-16(22)10-18(15)23/h5-6,10,12,27-28H,3-4,7-9,11,13H2,1-2H3,(H,24,30). The number of hydrogen-bond donors (Lipinski definition) is 3. The van der Waals surface area contributed by atoms with Crippen LogP contribution in [0.5, 0.6) is 5.75 Å². The van der Waals surface area contributed by atoms with Crippen LogP contribution in [-0.2, 0) is 13.1 Å². The normalized spacial score (nSPS) is 11.1. The molecule has 0 radical (unpaired) electrons. The fraction of sp³-hybridized carbons (Fsp3) is 0.429. The van der Waals surface area contributed by atoms with E-state index in [0.717, 1.165) is 18.9 Å². The minimum Gasteiger partial charge on any atom is -0.503 e. The van der Waals surface area contributed by atoms with Crippen molar-refractivity contribution in [2.24, 2.45) is 0 Å². The minimum atomic E-state index is -0.828. The lowest BCUT2D eigenvalue weighted by atomic mass is 10.1. The number of aliphatic hydroxyl groups is 1. The SMILES string of the molecule is CCCCN(CO)CCn1cc(C(=O)NCc2ccc(F)cc2F)c(=O)c(O)c1C. The molecule has 3 N–H and O–H groups in total. The van der Waals surface area contributed by atoms with Crippen LogP contribution in [0.25, 0.3) is 0 Å². The van der Waals surface area contributed by atoms with Gasteiger partial charge in [-0.15, -0.1) is 0 Å². The summed E-state index contributed by atoms with van der Waals surface area (Å²) in [6.07, 6.45) is 3.24. The molecule has 2 rings (SSSR count). The van der Waals surface area contributed by atoms with Crippen molar-refractivity contribution in [2.75, 3.05) is 19.8 Å². The second kappa shape index (κ2) is 10.8. The van der Waals surface area contributed by atoms with Gasteiger partial charge in [-0.3, -0.25) is 14.5 Å². The molecule has 2 aromatic rings. The van der Waals surface area contributed by atoms with Gasteiger partial charge in [0.25, 0.3) is 5.91 Å². The van der Waals surface area contributed by atoms with Gasteiger partial charge in [0.1, 0.15) is 17.2 Å². The lowest BCUT2D eigenvalue weighted by Gasteiger charge is -2.21. The van der Waals surface area contributed by atoms with Gasteiger partial charge in [-0.25, -0.2) is 8.78 Å². The summed E-state index contributed by atoms with van der Waals surface area (Å²) in [5.74, 6) is -2.86. The summed E-state index contributed by atoms with van der Waals surface area (Å²) in [5.41, 5.74) is -0.749. The molecule has 7 nitrogen and oxygen atoms in total. The Balaban J connectivity index is 2.16. The molecule has 1 aromatic carbocycles. The van der Waals surface area contributed by atoms with Crippen LogP contribution in [0.15, 0.2) is 29.2 Å². The molecular weight excluding hydrogens is 396 g/mol. The van der Waals surface area contributed by atoms with E-state index in [1.807, 2.05) is 11.8 Å². The molecule has 9 heteroatoms. The van der Waals surface area contributed by atoms with Gasteiger partial charge in [-0.1, -0.05) is 19.4 Å². The topological polar surface area (TPSA) is 94.8 Å². The van der Waals surface area contributed by atoms with Gasteiger partial charge >= 0.3 is 0 Å². The van der Waals surface area contributed by atoms with E-state index in [1.165, 1.54) is 12.3 Å². The van der Waals surface area contributed by atoms with Crippen molar-refractivity contribution in [1.82, 2.24) is 14.8 Å². The molecule has 30 heavy (non-hydrogen) atoms. The van der Waals surface area contributed by atoms with Gasteiger partial charge in [0, 0.05) is 44.0 Å². The predicted octanol–water partition coefficient (Wildman–Crippen LogP) is 2.12. The Labute approximate surface area is 173 Å². The maximum atomic E-state index is 13.7. The Morgan fingerprint density at radius 3 is 2.63 bits per heavy atom. The van der Waals surface area contributed by atoms with Crippen LogP contribution < -0.4 is 10.7 Å². The maximum absolute atomic E-state index is 13.7. The van der Waals surface area contributed by atoms with Gasteiger partial charge in [0.15, 0.2) is 5.75 Å². The number of aliphatic hydroxyl groups excluding tert-OH is 1. The first-order chi connectivity index (χ1) is 14.3. The molecule has 0 spiro atoms. The van der Waals surface area contributed by atoms with Crippen molar-refractivity contribution in [1.29, 1.82) is 0 Å². The van der Waals surface area contributed by atoms with E-state index in [9.17, 15) is 28.6 Å². The van der Waals surface area contributed by atoms with Crippen LogP contribution in [0.2, 0.25) is 0 Å². The van der Waals surface area contributed by atoms with E-state index in [2.05, 4.69) is 5.32 Å². The zero-order valence-electron chi connectivity index (χ0n) is 17.1. The van der Waals surface area contributed by atoms with Crippen LogP contribution in [0.4, 0.5) is 8.78 Å². The van der Waals surface area contributed by atoms with Crippen molar-refractivity contribution in [3.05, 3.63) is 63.1 Å². The molecule has 0 fully saturated rings. The zero-order chi connectivity index (χ0) is 22.3. The third-order valence-electron chi connectivity index (χ3n) is 4.90. The predicted molar refractivity (Wildman–Crippen MR) is 108 cm³/mol. The summed E-state index contributed by atoms with van der Waals surface area (Å²) >= 11 is 0. The first-order valence-electron chi connectivity index (χ1n) is 9.76. The number of unbranched alkanes of at least 4 members (excludes halogenated alkanes) is 1. The zero-order valence-corrected chi connectivity index (χ0v) is 17.1. The lowest BCUT2D eigenvalue weighted by Crippen LogP contribution is -2.32. The average Bonchev–Trinajstić information content (AvgIpc) is 2.72. The van der Waals surface area contributed by atoms with Crippen LogP contribution in [0, 0.1) is 18.6 Å². The summed E-state index contributed by atoms with van der Waals surface area (Å²) in [6.45, 7) is 4.74. The van der Waals surface area contributed by atoms with Gasteiger partial charge in [-0.2, -0.15) is 0 Å². The van der Waals surface area contributed by atoms with E-state index < -0.39 is 28.7 Å². The van der Waals surface area contributed by atoms with Crippen LogP contribution in [-0.4, -0.2) is 45.4 Å². The molecule has 0 aliphatic rings. The second-order valence-corrected chi connectivity index (χ2v) is 7.03. The monoisotopic (exact) mass is 423 g/mol. The number of carbonyl (C=O) groups is 1.